The van der Waals surface area contributed by atoms with E-state index in [1.165, 1.54) is 12.8 Å². The molecule has 1 amide bonds. The summed E-state index contributed by atoms with van der Waals surface area (Å²) in [4.78, 5) is 13.3. The van der Waals surface area contributed by atoms with Crippen LogP contribution in [0.1, 0.15) is 32.6 Å². The van der Waals surface area contributed by atoms with Gasteiger partial charge in [-0.2, -0.15) is 0 Å². The van der Waals surface area contributed by atoms with Gasteiger partial charge in [-0.1, -0.05) is 12.8 Å². The highest BCUT2D eigenvalue weighted by Gasteiger charge is 2.19. The fraction of sp³-hybridized carbons (Fsp3) is 0.909. The maximum absolute atomic E-state index is 11.6. The molecule has 4 nitrogen and oxygen atoms in total. The molecule has 0 saturated heterocycles. The van der Waals surface area contributed by atoms with Crippen LogP contribution >= 0.6 is 12.4 Å². The second-order valence-electron chi connectivity index (χ2n) is 4.31. The van der Waals surface area contributed by atoms with Crippen LogP contribution in [0.4, 0.5) is 0 Å². The third-order valence-corrected chi connectivity index (χ3v) is 3.14. The summed E-state index contributed by atoms with van der Waals surface area (Å²) in [6.07, 6.45) is 4.96. The first-order valence-electron chi connectivity index (χ1n) is 5.72. The SMILES string of the molecule is CC(CN)N(C)C(=O)COC1CCCC1.Cl. The van der Waals surface area contributed by atoms with E-state index in [1.54, 1.807) is 11.9 Å². The van der Waals surface area contributed by atoms with E-state index < -0.39 is 0 Å². The van der Waals surface area contributed by atoms with E-state index in [0.29, 0.717) is 12.6 Å². The zero-order chi connectivity index (χ0) is 11.3. The van der Waals surface area contributed by atoms with E-state index in [0.717, 1.165) is 12.8 Å². The molecule has 0 bridgehead atoms. The number of rotatable bonds is 5. The third-order valence-electron chi connectivity index (χ3n) is 3.14. The lowest BCUT2D eigenvalue weighted by atomic mass is 10.3. The molecular weight excluding hydrogens is 228 g/mol. The molecule has 1 aliphatic carbocycles. The predicted molar refractivity (Wildman–Crippen MR) is 66.7 cm³/mol. The van der Waals surface area contributed by atoms with E-state index in [2.05, 4.69) is 0 Å². The molecule has 1 saturated carbocycles. The summed E-state index contributed by atoms with van der Waals surface area (Å²) in [6.45, 7) is 2.63. The fourth-order valence-electron chi connectivity index (χ4n) is 1.75. The standard InChI is InChI=1S/C11H22N2O2.ClH/c1-9(7-12)13(2)11(14)8-15-10-5-3-4-6-10;/h9-10H,3-8,12H2,1-2H3;1H. The number of nitrogens with two attached hydrogens (primary N) is 1. The van der Waals surface area contributed by atoms with Gasteiger partial charge in [0, 0.05) is 19.6 Å². The molecule has 1 rings (SSSR count). The van der Waals surface area contributed by atoms with Crippen molar-refractivity contribution in [1.82, 2.24) is 4.90 Å². The number of carbonyl (C=O) groups is 1. The second-order valence-corrected chi connectivity index (χ2v) is 4.31. The lowest BCUT2D eigenvalue weighted by Gasteiger charge is -2.24. The number of ether oxygens (including phenoxy) is 1. The number of likely N-dealkylation sites (N-methyl/N-ethyl adjacent to an activating group) is 1. The number of hydrogen-bond donors (Lipinski definition) is 1. The van der Waals surface area contributed by atoms with Crippen LogP contribution in [0.5, 0.6) is 0 Å². The zero-order valence-corrected chi connectivity index (χ0v) is 11.0. The van der Waals surface area contributed by atoms with Gasteiger partial charge in [-0.15, -0.1) is 12.4 Å². The Balaban J connectivity index is 0.00000225. The first kappa shape index (κ1) is 15.7. The van der Waals surface area contributed by atoms with E-state index in [-0.39, 0.29) is 31.0 Å². The first-order valence-corrected chi connectivity index (χ1v) is 5.72. The molecule has 96 valence electrons. The van der Waals surface area contributed by atoms with E-state index in [9.17, 15) is 4.79 Å². The number of halogens is 1. The smallest absolute Gasteiger partial charge is 0.248 e. The highest BCUT2D eigenvalue weighted by Crippen LogP contribution is 2.20. The Morgan fingerprint density at radius 2 is 2.06 bits per heavy atom. The third kappa shape index (κ3) is 4.68. The van der Waals surface area contributed by atoms with Gasteiger partial charge in [-0.05, 0) is 19.8 Å². The molecule has 1 unspecified atom stereocenters. The van der Waals surface area contributed by atoms with Gasteiger partial charge in [0.15, 0.2) is 0 Å². The normalized spacial score (nSPS) is 17.9. The molecule has 16 heavy (non-hydrogen) atoms. The van der Waals surface area contributed by atoms with Crippen molar-refractivity contribution in [3.05, 3.63) is 0 Å². The Bertz CT molecular complexity index is 208. The largest absolute Gasteiger partial charge is 0.368 e. The van der Waals surface area contributed by atoms with Crippen molar-refractivity contribution in [3.8, 4) is 0 Å². The van der Waals surface area contributed by atoms with Crippen LogP contribution < -0.4 is 5.73 Å². The van der Waals surface area contributed by atoms with Crippen molar-refractivity contribution < 1.29 is 9.53 Å². The molecule has 1 atom stereocenters. The molecule has 0 aromatic rings. The summed E-state index contributed by atoms with van der Waals surface area (Å²) in [7, 11) is 1.78. The van der Waals surface area contributed by atoms with Crippen LogP contribution in [-0.2, 0) is 9.53 Å². The molecule has 0 aliphatic heterocycles. The Hall–Kier alpha value is -0.320. The van der Waals surface area contributed by atoms with Crippen LogP contribution in [0.25, 0.3) is 0 Å². The Labute approximate surface area is 104 Å². The Kier molecular flexibility index (Phi) is 7.72. The van der Waals surface area contributed by atoms with Crippen LogP contribution in [-0.4, -0.2) is 43.2 Å². The maximum Gasteiger partial charge on any atom is 0.248 e. The van der Waals surface area contributed by atoms with Crippen molar-refractivity contribution in [1.29, 1.82) is 0 Å². The quantitative estimate of drug-likeness (QED) is 0.797. The maximum atomic E-state index is 11.6. The van der Waals surface area contributed by atoms with Gasteiger partial charge in [0.05, 0.1) is 6.10 Å². The van der Waals surface area contributed by atoms with E-state index >= 15 is 0 Å². The number of amides is 1. The topological polar surface area (TPSA) is 55.6 Å². The Morgan fingerprint density at radius 3 is 2.56 bits per heavy atom. The summed E-state index contributed by atoms with van der Waals surface area (Å²) in [6, 6.07) is 0.0877. The molecule has 1 aliphatic rings. The molecule has 1 fully saturated rings. The lowest BCUT2D eigenvalue weighted by molar-refractivity contribution is -0.138. The predicted octanol–water partition coefficient (Wildman–Crippen LogP) is 1.17. The average Bonchev–Trinajstić information content (AvgIpc) is 2.76. The van der Waals surface area contributed by atoms with Crippen molar-refractivity contribution >= 4 is 18.3 Å². The molecule has 0 aromatic carbocycles. The first-order chi connectivity index (χ1) is 7.15. The fourth-order valence-corrected chi connectivity index (χ4v) is 1.75. The summed E-state index contributed by atoms with van der Waals surface area (Å²) < 4.78 is 5.55. The number of nitrogens with zero attached hydrogens (tertiary/aromatic N) is 1. The summed E-state index contributed by atoms with van der Waals surface area (Å²) in [5.74, 6) is 0.0276. The lowest BCUT2D eigenvalue weighted by Crippen LogP contribution is -2.41. The molecule has 0 heterocycles. The van der Waals surface area contributed by atoms with E-state index in [1.807, 2.05) is 6.92 Å². The highest BCUT2D eigenvalue weighted by atomic mass is 35.5. The van der Waals surface area contributed by atoms with Crippen molar-refractivity contribution in [2.75, 3.05) is 20.2 Å². The van der Waals surface area contributed by atoms with Crippen LogP contribution in [0.2, 0.25) is 0 Å². The van der Waals surface area contributed by atoms with Gasteiger partial charge in [0.1, 0.15) is 6.61 Å². The number of carbonyl (C=O) groups excluding carboxylic acids is 1. The summed E-state index contributed by atoms with van der Waals surface area (Å²) >= 11 is 0. The van der Waals surface area contributed by atoms with Crippen molar-refractivity contribution in [3.63, 3.8) is 0 Å². The average molecular weight is 251 g/mol. The van der Waals surface area contributed by atoms with Gasteiger partial charge in [0.2, 0.25) is 5.91 Å². The molecule has 0 spiro atoms. The van der Waals surface area contributed by atoms with E-state index in [4.69, 9.17) is 10.5 Å². The van der Waals surface area contributed by atoms with Crippen molar-refractivity contribution in [2.24, 2.45) is 5.73 Å². The zero-order valence-electron chi connectivity index (χ0n) is 10.1. The van der Waals surface area contributed by atoms with Gasteiger partial charge in [0.25, 0.3) is 0 Å². The van der Waals surface area contributed by atoms with Gasteiger partial charge < -0.3 is 15.4 Å². The monoisotopic (exact) mass is 250 g/mol. The summed E-state index contributed by atoms with van der Waals surface area (Å²) in [5, 5.41) is 0. The van der Waals surface area contributed by atoms with Crippen LogP contribution in [0, 0.1) is 0 Å². The summed E-state index contributed by atoms with van der Waals surface area (Å²) in [5.41, 5.74) is 5.49. The number of hydrogen-bond acceptors (Lipinski definition) is 3. The Morgan fingerprint density at radius 1 is 1.50 bits per heavy atom. The van der Waals surface area contributed by atoms with Crippen molar-refractivity contribution in [2.45, 2.75) is 44.8 Å². The molecule has 0 radical (unpaired) electrons. The molecule has 0 aromatic heterocycles. The molecule has 2 N–H and O–H groups in total. The van der Waals surface area contributed by atoms with Gasteiger partial charge in [-0.25, -0.2) is 0 Å². The van der Waals surface area contributed by atoms with Crippen LogP contribution in [0.3, 0.4) is 0 Å². The van der Waals surface area contributed by atoms with Crippen LogP contribution in [0.15, 0.2) is 0 Å². The minimum absolute atomic E-state index is 0. The minimum Gasteiger partial charge on any atom is -0.368 e. The second kappa shape index (κ2) is 7.87. The minimum atomic E-state index is 0. The molecule has 5 heteroatoms. The van der Waals surface area contributed by atoms with Gasteiger partial charge >= 0.3 is 0 Å². The highest BCUT2D eigenvalue weighted by molar-refractivity contribution is 5.85. The van der Waals surface area contributed by atoms with Gasteiger partial charge in [-0.3, -0.25) is 4.79 Å². The molecular formula is C11H23ClN2O2.